The Morgan fingerprint density at radius 1 is 1.47 bits per heavy atom. The summed E-state index contributed by atoms with van der Waals surface area (Å²) < 4.78 is 5.48. The Hall–Kier alpha value is -1.03. The van der Waals surface area contributed by atoms with Crippen LogP contribution >= 0.6 is 0 Å². The van der Waals surface area contributed by atoms with Crippen molar-refractivity contribution in [2.45, 2.75) is 58.1 Å². The first-order valence-corrected chi connectivity index (χ1v) is 7.25. The second-order valence-corrected chi connectivity index (χ2v) is 6.10. The van der Waals surface area contributed by atoms with Gasteiger partial charge in [-0.2, -0.15) is 0 Å². The van der Waals surface area contributed by atoms with Crippen LogP contribution in [0.25, 0.3) is 0 Å². The van der Waals surface area contributed by atoms with E-state index in [1.807, 2.05) is 31.7 Å². The first kappa shape index (κ1) is 16.0. The number of carbonyl (C=O) groups excluding carboxylic acids is 1. The smallest absolute Gasteiger partial charge is 0.410 e. The molecule has 1 N–H and O–H groups in total. The summed E-state index contributed by atoms with van der Waals surface area (Å²) in [4.78, 5) is 14.1. The molecule has 0 spiro atoms. The Balaban J connectivity index is 2.47. The van der Waals surface area contributed by atoms with Gasteiger partial charge in [0.15, 0.2) is 0 Å². The molecule has 1 saturated heterocycles. The summed E-state index contributed by atoms with van der Waals surface area (Å²) in [6.45, 7) is 12.0. The monoisotopic (exact) mass is 268 g/mol. The maximum absolute atomic E-state index is 12.2. The van der Waals surface area contributed by atoms with Crippen molar-refractivity contribution in [3.05, 3.63) is 12.7 Å². The highest BCUT2D eigenvalue weighted by atomic mass is 16.6. The zero-order chi connectivity index (χ0) is 14.3. The lowest BCUT2D eigenvalue weighted by atomic mass is 10.0. The third-order valence-corrected chi connectivity index (χ3v) is 3.16. The van der Waals surface area contributed by atoms with Crippen LogP contribution in [0, 0.1) is 0 Å². The molecule has 0 aromatic rings. The lowest BCUT2D eigenvalue weighted by Gasteiger charge is -2.36. The largest absolute Gasteiger partial charge is 0.444 e. The van der Waals surface area contributed by atoms with E-state index >= 15 is 0 Å². The van der Waals surface area contributed by atoms with Crippen molar-refractivity contribution in [2.75, 3.05) is 19.6 Å². The lowest BCUT2D eigenvalue weighted by Crippen LogP contribution is -2.50. The van der Waals surface area contributed by atoms with Crippen molar-refractivity contribution in [1.82, 2.24) is 10.2 Å². The van der Waals surface area contributed by atoms with E-state index in [1.54, 1.807) is 0 Å². The molecule has 0 bridgehead atoms. The molecule has 1 rings (SSSR count). The highest BCUT2D eigenvalue weighted by Crippen LogP contribution is 2.19. The van der Waals surface area contributed by atoms with Crippen LogP contribution in [0.2, 0.25) is 0 Å². The summed E-state index contributed by atoms with van der Waals surface area (Å²) in [5, 5.41) is 3.38. The zero-order valence-corrected chi connectivity index (χ0v) is 12.6. The quantitative estimate of drug-likeness (QED) is 0.615. The molecule has 0 radical (unpaired) electrons. The molecule has 1 fully saturated rings. The van der Waals surface area contributed by atoms with Crippen LogP contribution in [0.5, 0.6) is 0 Å². The van der Waals surface area contributed by atoms with Gasteiger partial charge in [-0.3, -0.25) is 0 Å². The first-order chi connectivity index (χ1) is 8.94. The van der Waals surface area contributed by atoms with Gasteiger partial charge < -0.3 is 15.0 Å². The van der Waals surface area contributed by atoms with E-state index in [9.17, 15) is 4.79 Å². The summed E-state index contributed by atoms with van der Waals surface area (Å²) >= 11 is 0. The number of carbonyl (C=O) groups is 1. The van der Waals surface area contributed by atoms with Gasteiger partial charge in [0, 0.05) is 19.1 Å². The van der Waals surface area contributed by atoms with E-state index in [4.69, 9.17) is 4.74 Å². The topological polar surface area (TPSA) is 41.6 Å². The summed E-state index contributed by atoms with van der Waals surface area (Å²) in [7, 11) is 0. The highest BCUT2D eigenvalue weighted by Gasteiger charge is 2.29. The van der Waals surface area contributed by atoms with Gasteiger partial charge in [0.2, 0.25) is 0 Å². The number of nitrogens with one attached hydrogen (secondary N) is 1. The molecule has 4 heteroatoms. The average molecular weight is 268 g/mol. The van der Waals surface area contributed by atoms with Crippen LogP contribution in [-0.4, -0.2) is 42.3 Å². The number of amides is 1. The van der Waals surface area contributed by atoms with E-state index in [0.717, 1.165) is 38.9 Å². The van der Waals surface area contributed by atoms with E-state index in [0.29, 0.717) is 0 Å². The Labute approximate surface area is 117 Å². The molecule has 0 aliphatic carbocycles. The highest BCUT2D eigenvalue weighted by molar-refractivity contribution is 5.68. The van der Waals surface area contributed by atoms with Crippen molar-refractivity contribution in [3.63, 3.8) is 0 Å². The first-order valence-electron chi connectivity index (χ1n) is 7.25. The minimum atomic E-state index is -0.421. The number of hydrogen-bond donors (Lipinski definition) is 1. The number of nitrogens with zero attached hydrogens (tertiary/aromatic N) is 1. The molecule has 4 nitrogen and oxygen atoms in total. The van der Waals surface area contributed by atoms with E-state index in [2.05, 4.69) is 11.9 Å². The molecule has 1 amide bonds. The molecular weight excluding hydrogens is 240 g/mol. The average Bonchev–Trinajstić information content (AvgIpc) is 2.33. The van der Waals surface area contributed by atoms with Crippen molar-refractivity contribution < 1.29 is 9.53 Å². The van der Waals surface area contributed by atoms with Crippen molar-refractivity contribution in [3.8, 4) is 0 Å². The van der Waals surface area contributed by atoms with E-state index in [-0.39, 0.29) is 12.1 Å². The standard InChI is InChI=1S/C15H28N2O2/c1-5-6-10-16-12-13-9-7-8-11-17(13)14(18)19-15(2,3)4/h5,13,16H,1,6-12H2,2-4H3. The predicted molar refractivity (Wildman–Crippen MR) is 78.3 cm³/mol. The molecule has 0 aromatic carbocycles. The van der Waals surface area contributed by atoms with Crippen LogP contribution in [0.15, 0.2) is 12.7 Å². The van der Waals surface area contributed by atoms with Crippen molar-refractivity contribution in [1.29, 1.82) is 0 Å². The minimum Gasteiger partial charge on any atom is -0.444 e. The molecule has 1 heterocycles. The number of rotatable bonds is 5. The maximum Gasteiger partial charge on any atom is 0.410 e. The fourth-order valence-corrected chi connectivity index (χ4v) is 2.25. The maximum atomic E-state index is 12.2. The Kier molecular flexibility index (Phi) is 6.35. The SMILES string of the molecule is C=CCCNCC1CCCCN1C(=O)OC(C)(C)C. The van der Waals surface area contributed by atoms with Gasteiger partial charge in [0.05, 0.1) is 0 Å². The fraction of sp³-hybridized carbons (Fsp3) is 0.800. The summed E-state index contributed by atoms with van der Waals surface area (Å²) in [5.41, 5.74) is -0.421. The number of likely N-dealkylation sites (tertiary alicyclic amines) is 1. The van der Waals surface area contributed by atoms with Gasteiger partial charge in [-0.1, -0.05) is 6.08 Å². The molecule has 0 saturated carbocycles. The molecule has 1 aliphatic rings. The second-order valence-electron chi connectivity index (χ2n) is 6.10. The molecule has 1 atom stereocenters. The van der Waals surface area contributed by atoms with Gasteiger partial charge >= 0.3 is 6.09 Å². The van der Waals surface area contributed by atoms with Gasteiger partial charge in [-0.15, -0.1) is 6.58 Å². The van der Waals surface area contributed by atoms with Crippen molar-refractivity contribution in [2.24, 2.45) is 0 Å². The molecule has 1 aliphatic heterocycles. The minimum absolute atomic E-state index is 0.178. The number of ether oxygens (including phenoxy) is 1. The molecular formula is C15H28N2O2. The van der Waals surface area contributed by atoms with Crippen molar-refractivity contribution >= 4 is 6.09 Å². The van der Waals surface area contributed by atoms with Gasteiger partial charge in [0.1, 0.15) is 5.60 Å². The zero-order valence-electron chi connectivity index (χ0n) is 12.6. The van der Waals surface area contributed by atoms with Gasteiger partial charge in [0.25, 0.3) is 0 Å². The Morgan fingerprint density at radius 2 is 2.21 bits per heavy atom. The Bertz CT molecular complexity index is 297. The van der Waals surface area contributed by atoms with Crippen LogP contribution in [0.4, 0.5) is 4.79 Å². The van der Waals surface area contributed by atoms with Crippen LogP contribution in [0.3, 0.4) is 0 Å². The normalized spacial score (nSPS) is 20.2. The second kappa shape index (κ2) is 7.53. The Morgan fingerprint density at radius 3 is 2.84 bits per heavy atom. The van der Waals surface area contributed by atoms with E-state index in [1.165, 1.54) is 6.42 Å². The predicted octanol–water partition coefficient (Wildman–Crippen LogP) is 2.94. The summed E-state index contributed by atoms with van der Waals surface area (Å²) in [6, 6.07) is 0.258. The lowest BCUT2D eigenvalue weighted by molar-refractivity contribution is 0.01000. The third kappa shape index (κ3) is 6.10. The number of hydrogen-bond acceptors (Lipinski definition) is 3. The molecule has 19 heavy (non-hydrogen) atoms. The van der Waals surface area contributed by atoms with Crippen LogP contribution in [-0.2, 0) is 4.74 Å². The van der Waals surface area contributed by atoms with Gasteiger partial charge in [-0.25, -0.2) is 4.79 Å². The van der Waals surface area contributed by atoms with Crippen LogP contribution < -0.4 is 5.32 Å². The van der Waals surface area contributed by atoms with Crippen LogP contribution in [0.1, 0.15) is 46.5 Å². The number of piperidine rings is 1. The molecule has 110 valence electrons. The summed E-state index contributed by atoms with van der Waals surface area (Å²) in [5.74, 6) is 0. The van der Waals surface area contributed by atoms with Gasteiger partial charge in [-0.05, 0) is 53.0 Å². The van der Waals surface area contributed by atoms with E-state index < -0.39 is 5.60 Å². The summed E-state index contributed by atoms with van der Waals surface area (Å²) in [6.07, 6.45) is 6.00. The third-order valence-electron chi connectivity index (χ3n) is 3.16. The molecule has 1 unspecified atom stereocenters. The fourth-order valence-electron chi connectivity index (χ4n) is 2.25. The molecule has 0 aromatic heterocycles.